The van der Waals surface area contributed by atoms with Crippen LogP contribution in [0.15, 0.2) is 45.7 Å². The lowest BCUT2D eigenvalue weighted by molar-refractivity contribution is 0.210. The summed E-state index contributed by atoms with van der Waals surface area (Å²) in [5, 5.41) is 1.02. The Morgan fingerprint density at radius 1 is 1.07 bits per heavy atom. The van der Waals surface area contributed by atoms with Gasteiger partial charge in [0.1, 0.15) is 11.3 Å². The van der Waals surface area contributed by atoms with Crippen LogP contribution in [0, 0.1) is 25.2 Å². The summed E-state index contributed by atoms with van der Waals surface area (Å²) in [7, 11) is -3.65. The summed E-state index contributed by atoms with van der Waals surface area (Å²) in [5.41, 5.74) is 4.66. The molecule has 0 fully saturated rings. The topological polar surface area (TPSA) is 59.3 Å². The van der Waals surface area contributed by atoms with Crippen LogP contribution < -0.4 is 4.72 Å². The fraction of sp³-hybridized carbons (Fsp3) is 0.417. The zero-order valence-electron chi connectivity index (χ0n) is 17.8. The van der Waals surface area contributed by atoms with Gasteiger partial charge in [0.05, 0.1) is 4.90 Å². The van der Waals surface area contributed by atoms with Gasteiger partial charge in [0, 0.05) is 23.1 Å². The quantitative estimate of drug-likeness (QED) is 0.575. The third-order valence-corrected chi connectivity index (χ3v) is 7.68. The van der Waals surface area contributed by atoms with Gasteiger partial charge < -0.3 is 4.42 Å². The van der Waals surface area contributed by atoms with Crippen LogP contribution in [0.1, 0.15) is 49.6 Å². The monoisotopic (exact) mass is 411 g/mol. The molecule has 0 spiro atoms. The summed E-state index contributed by atoms with van der Waals surface area (Å²) in [4.78, 5) is 0.310. The van der Waals surface area contributed by atoms with Gasteiger partial charge in [0.2, 0.25) is 0 Å². The summed E-state index contributed by atoms with van der Waals surface area (Å²) in [5.74, 6) is 1.64. The molecule has 1 aliphatic carbocycles. The van der Waals surface area contributed by atoms with E-state index in [-0.39, 0.29) is 5.41 Å². The second-order valence-electron chi connectivity index (χ2n) is 9.39. The molecule has 1 unspecified atom stereocenters. The lowest BCUT2D eigenvalue weighted by Gasteiger charge is -2.33. The molecule has 1 atom stereocenters. The summed E-state index contributed by atoms with van der Waals surface area (Å²) >= 11 is 0. The van der Waals surface area contributed by atoms with E-state index in [4.69, 9.17) is 4.42 Å². The van der Waals surface area contributed by atoms with E-state index in [1.807, 2.05) is 38.1 Å². The molecule has 0 saturated heterocycles. The van der Waals surface area contributed by atoms with Crippen LogP contribution >= 0.6 is 0 Å². The SMILES string of the molecule is Cc1ccc(S(=O)(=O)Nc2ccc3oc4c(c3c2)CC(C(C)(C)C)CC4)c(C)c1. The van der Waals surface area contributed by atoms with Crippen molar-refractivity contribution in [1.82, 2.24) is 0 Å². The average molecular weight is 412 g/mol. The van der Waals surface area contributed by atoms with Crippen LogP contribution in [0.3, 0.4) is 0 Å². The van der Waals surface area contributed by atoms with E-state index in [1.54, 1.807) is 12.1 Å². The number of anilines is 1. The van der Waals surface area contributed by atoms with E-state index in [0.717, 1.165) is 47.1 Å². The minimum atomic E-state index is -3.65. The van der Waals surface area contributed by atoms with Gasteiger partial charge in [-0.05, 0) is 67.9 Å². The number of hydrogen-bond acceptors (Lipinski definition) is 3. The van der Waals surface area contributed by atoms with Crippen molar-refractivity contribution in [2.75, 3.05) is 4.72 Å². The molecule has 154 valence electrons. The standard InChI is InChI=1S/C24H29NO3S/c1-15-6-11-23(16(2)12-15)29(26,27)25-18-8-10-22-20(14-18)19-13-17(24(3,4)5)7-9-21(19)28-22/h6,8,10-12,14,17,25H,7,9,13H2,1-5H3. The predicted molar refractivity (Wildman–Crippen MR) is 118 cm³/mol. The molecular weight excluding hydrogens is 382 g/mol. The average Bonchev–Trinajstić information content (AvgIpc) is 2.97. The van der Waals surface area contributed by atoms with Crippen LogP contribution in [0.2, 0.25) is 0 Å². The van der Waals surface area contributed by atoms with Crippen LogP contribution in [0.25, 0.3) is 11.0 Å². The van der Waals surface area contributed by atoms with Crippen LogP contribution in [-0.2, 0) is 22.9 Å². The Morgan fingerprint density at radius 2 is 1.83 bits per heavy atom. The Balaban J connectivity index is 1.69. The molecule has 0 radical (unpaired) electrons. The minimum absolute atomic E-state index is 0.240. The number of furan rings is 1. The highest BCUT2D eigenvalue weighted by molar-refractivity contribution is 7.92. The highest BCUT2D eigenvalue weighted by atomic mass is 32.2. The summed E-state index contributed by atoms with van der Waals surface area (Å²) in [6, 6.07) is 10.9. The van der Waals surface area contributed by atoms with E-state index in [2.05, 4.69) is 25.5 Å². The Hall–Kier alpha value is -2.27. The van der Waals surface area contributed by atoms with Gasteiger partial charge >= 0.3 is 0 Å². The molecule has 0 saturated carbocycles. The van der Waals surface area contributed by atoms with Crippen LogP contribution in [0.4, 0.5) is 5.69 Å². The maximum Gasteiger partial charge on any atom is 0.262 e. The smallest absolute Gasteiger partial charge is 0.262 e. The highest BCUT2D eigenvalue weighted by Gasteiger charge is 2.31. The number of fused-ring (bicyclic) bond motifs is 3. The zero-order chi connectivity index (χ0) is 21.0. The molecule has 2 aromatic carbocycles. The normalized spacial score (nSPS) is 17.3. The van der Waals surface area contributed by atoms with Gasteiger partial charge in [0.25, 0.3) is 10.0 Å². The molecule has 0 aliphatic heterocycles. The molecule has 0 bridgehead atoms. The van der Waals surface area contributed by atoms with Gasteiger partial charge in [-0.2, -0.15) is 0 Å². The molecular formula is C24H29NO3S. The second-order valence-corrected chi connectivity index (χ2v) is 11.0. The fourth-order valence-electron chi connectivity index (χ4n) is 4.39. The summed E-state index contributed by atoms with van der Waals surface area (Å²) in [6.45, 7) is 10.6. The molecule has 1 aliphatic rings. The Kier molecular flexibility index (Phi) is 4.77. The minimum Gasteiger partial charge on any atom is -0.461 e. The largest absolute Gasteiger partial charge is 0.461 e. The third-order valence-electron chi connectivity index (χ3n) is 6.14. The van der Waals surface area contributed by atoms with Crippen molar-refractivity contribution in [3.63, 3.8) is 0 Å². The van der Waals surface area contributed by atoms with Gasteiger partial charge in [-0.25, -0.2) is 8.42 Å². The molecule has 4 nitrogen and oxygen atoms in total. The number of benzene rings is 2. The van der Waals surface area contributed by atoms with Crippen molar-refractivity contribution < 1.29 is 12.8 Å². The van der Waals surface area contributed by atoms with Crippen molar-refractivity contribution in [2.45, 2.75) is 58.8 Å². The number of aryl methyl sites for hydroxylation is 3. The molecule has 3 aromatic rings. The molecule has 1 N–H and O–H groups in total. The van der Waals surface area contributed by atoms with Crippen molar-refractivity contribution in [3.8, 4) is 0 Å². The van der Waals surface area contributed by atoms with E-state index in [1.165, 1.54) is 5.56 Å². The molecule has 29 heavy (non-hydrogen) atoms. The first-order valence-corrected chi connectivity index (χ1v) is 11.7. The van der Waals surface area contributed by atoms with E-state index >= 15 is 0 Å². The third kappa shape index (κ3) is 3.80. The van der Waals surface area contributed by atoms with Crippen LogP contribution in [0.5, 0.6) is 0 Å². The molecule has 1 aromatic heterocycles. The maximum absolute atomic E-state index is 12.9. The molecule has 4 rings (SSSR count). The maximum atomic E-state index is 12.9. The predicted octanol–water partition coefficient (Wildman–Crippen LogP) is 6.00. The summed E-state index contributed by atoms with van der Waals surface area (Å²) in [6.07, 6.45) is 3.04. The lowest BCUT2D eigenvalue weighted by Crippen LogP contribution is -2.26. The lowest BCUT2D eigenvalue weighted by atomic mass is 9.71. The van der Waals surface area contributed by atoms with Crippen molar-refractivity contribution in [3.05, 3.63) is 58.8 Å². The number of nitrogens with one attached hydrogen (secondary N) is 1. The van der Waals surface area contributed by atoms with E-state index in [0.29, 0.717) is 16.5 Å². The summed E-state index contributed by atoms with van der Waals surface area (Å²) < 4.78 is 34.7. The number of hydrogen-bond donors (Lipinski definition) is 1. The second kappa shape index (κ2) is 6.91. The fourth-order valence-corrected chi connectivity index (χ4v) is 5.67. The molecule has 0 amide bonds. The Bertz CT molecular complexity index is 1180. The first-order valence-electron chi connectivity index (χ1n) is 10.2. The highest BCUT2D eigenvalue weighted by Crippen LogP contribution is 2.41. The number of rotatable bonds is 3. The number of sulfonamides is 1. The van der Waals surface area contributed by atoms with Crippen molar-refractivity contribution in [1.29, 1.82) is 0 Å². The van der Waals surface area contributed by atoms with E-state index < -0.39 is 10.0 Å². The van der Waals surface area contributed by atoms with Gasteiger partial charge in [-0.3, -0.25) is 4.72 Å². The van der Waals surface area contributed by atoms with Crippen molar-refractivity contribution >= 4 is 26.7 Å². The molecule has 5 heteroatoms. The van der Waals surface area contributed by atoms with Crippen molar-refractivity contribution in [2.24, 2.45) is 11.3 Å². The molecule has 1 heterocycles. The Morgan fingerprint density at radius 3 is 2.52 bits per heavy atom. The van der Waals surface area contributed by atoms with E-state index in [9.17, 15) is 8.42 Å². The van der Waals surface area contributed by atoms with Gasteiger partial charge in [-0.15, -0.1) is 0 Å². The first-order chi connectivity index (χ1) is 13.5. The van der Waals surface area contributed by atoms with Crippen LogP contribution in [-0.4, -0.2) is 8.42 Å². The van der Waals surface area contributed by atoms with Gasteiger partial charge in [-0.1, -0.05) is 38.5 Å². The zero-order valence-corrected chi connectivity index (χ0v) is 18.6. The first kappa shape index (κ1) is 20.0. The Labute approximate surface area is 173 Å². The van der Waals surface area contributed by atoms with Gasteiger partial charge in [0.15, 0.2) is 0 Å².